The summed E-state index contributed by atoms with van der Waals surface area (Å²) in [4.78, 5) is 4.68. The highest BCUT2D eigenvalue weighted by Crippen LogP contribution is 2.31. The highest BCUT2D eigenvalue weighted by molar-refractivity contribution is 5.88. The smallest absolute Gasteiger partial charge is 0.0873 e. The van der Waals surface area contributed by atoms with Crippen molar-refractivity contribution in [3.63, 3.8) is 0 Å². The monoisotopic (exact) mass is 326 g/mol. The number of pyridine rings is 1. The maximum absolute atomic E-state index is 4.68. The van der Waals surface area contributed by atoms with E-state index in [2.05, 4.69) is 96.2 Å². The molecule has 2 nitrogen and oxygen atoms in total. The van der Waals surface area contributed by atoms with Gasteiger partial charge in [0.1, 0.15) is 0 Å². The molecule has 0 bridgehead atoms. The first-order valence-corrected chi connectivity index (χ1v) is 8.83. The van der Waals surface area contributed by atoms with Gasteiger partial charge in [0.05, 0.1) is 16.9 Å². The number of fused-ring (bicyclic) bond motifs is 1. The molecular formula is C23H22N2. The van der Waals surface area contributed by atoms with E-state index in [0.717, 1.165) is 23.5 Å². The summed E-state index contributed by atoms with van der Waals surface area (Å²) in [5.74, 6) is 0.634. The van der Waals surface area contributed by atoms with Crippen molar-refractivity contribution >= 4 is 10.9 Å². The van der Waals surface area contributed by atoms with Gasteiger partial charge in [-0.3, -0.25) is 4.98 Å². The van der Waals surface area contributed by atoms with Gasteiger partial charge in [-0.2, -0.15) is 0 Å². The summed E-state index contributed by atoms with van der Waals surface area (Å²) >= 11 is 0. The molecule has 25 heavy (non-hydrogen) atoms. The summed E-state index contributed by atoms with van der Waals surface area (Å²) in [7, 11) is 0. The zero-order valence-electron chi connectivity index (χ0n) is 14.7. The number of rotatable bonds is 4. The average molecular weight is 326 g/mol. The molecule has 2 heteroatoms. The number of aromatic nitrogens is 2. The highest BCUT2D eigenvalue weighted by atomic mass is 15.0. The molecule has 0 fully saturated rings. The predicted molar refractivity (Wildman–Crippen MR) is 105 cm³/mol. The molecule has 2 aromatic carbocycles. The molecule has 4 aromatic rings. The lowest BCUT2D eigenvalue weighted by Gasteiger charge is -2.12. The van der Waals surface area contributed by atoms with Crippen molar-refractivity contribution in [1.82, 2.24) is 9.55 Å². The molecular weight excluding hydrogens is 304 g/mol. The normalized spacial score (nSPS) is 11.3. The van der Waals surface area contributed by atoms with Crippen molar-refractivity contribution in [2.75, 3.05) is 0 Å². The van der Waals surface area contributed by atoms with Gasteiger partial charge in [0.25, 0.3) is 0 Å². The topological polar surface area (TPSA) is 17.8 Å². The lowest BCUT2D eigenvalue weighted by atomic mass is 10.0. The first kappa shape index (κ1) is 15.6. The van der Waals surface area contributed by atoms with Crippen LogP contribution in [0.5, 0.6) is 0 Å². The third kappa shape index (κ3) is 3.08. The van der Waals surface area contributed by atoms with Gasteiger partial charge in [0, 0.05) is 17.3 Å². The minimum Gasteiger partial charge on any atom is -0.308 e. The quantitative estimate of drug-likeness (QED) is 0.457. The Labute approximate surface area is 148 Å². The maximum atomic E-state index is 4.68. The van der Waals surface area contributed by atoms with E-state index in [9.17, 15) is 0 Å². The van der Waals surface area contributed by atoms with Gasteiger partial charge < -0.3 is 4.57 Å². The standard InChI is InChI=1S/C23H22N2/c1-17(2)14-18-12-13-24-21(15-18)23-16-19-8-6-7-11-22(19)25(23)20-9-4-3-5-10-20/h3-13,15-17H,14H2,1-2H3. The van der Waals surface area contributed by atoms with Gasteiger partial charge in [-0.1, -0.05) is 50.2 Å². The lowest BCUT2D eigenvalue weighted by Crippen LogP contribution is -1.99. The summed E-state index contributed by atoms with van der Waals surface area (Å²) in [6.07, 6.45) is 3.00. The van der Waals surface area contributed by atoms with Crippen molar-refractivity contribution in [2.45, 2.75) is 20.3 Å². The van der Waals surface area contributed by atoms with Crippen LogP contribution in [-0.4, -0.2) is 9.55 Å². The van der Waals surface area contributed by atoms with Crippen LogP contribution in [0.1, 0.15) is 19.4 Å². The van der Waals surface area contributed by atoms with Gasteiger partial charge in [0.2, 0.25) is 0 Å². The highest BCUT2D eigenvalue weighted by Gasteiger charge is 2.13. The Bertz CT molecular complexity index is 997. The third-order valence-corrected chi connectivity index (χ3v) is 4.46. The van der Waals surface area contributed by atoms with E-state index in [1.165, 1.54) is 16.5 Å². The molecule has 0 radical (unpaired) electrons. The van der Waals surface area contributed by atoms with Gasteiger partial charge in [-0.15, -0.1) is 0 Å². The van der Waals surface area contributed by atoms with Gasteiger partial charge in [-0.05, 0) is 54.3 Å². The molecule has 4 rings (SSSR count). The largest absolute Gasteiger partial charge is 0.308 e. The van der Waals surface area contributed by atoms with Crippen LogP contribution in [-0.2, 0) is 6.42 Å². The van der Waals surface area contributed by atoms with Crippen LogP contribution in [0, 0.1) is 5.92 Å². The molecule has 0 aliphatic carbocycles. The molecule has 0 amide bonds. The minimum absolute atomic E-state index is 0.634. The van der Waals surface area contributed by atoms with Crippen LogP contribution >= 0.6 is 0 Å². The number of hydrogen-bond donors (Lipinski definition) is 0. The molecule has 0 unspecified atom stereocenters. The summed E-state index contributed by atoms with van der Waals surface area (Å²) in [6.45, 7) is 4.50. The van der Waals surface area contributed by atoms with E-state index in [1.807, 2.05) is 6.20 Å². The van der Waals surface area contributed by atoms with Gasteiger partial charge in [0.15, 0.2) is 0 Å². The van der Waals surface area contributed by atoms with E-state index in [-0.39, 0.29) is 0 Å². The second-order valence-electron chi connectivity index (χ2n) is 6.91. The molecule has 0 atom stereocenters. The molecule has 2 aromatic heterocycles. The van der Waals surface area contributed by atoms with Crippen molar-refractivity contribution in [2.24, 2.45) is 5.92 Å². The van der Waals surface area contributed by atoms with Crippen LogP contribution in [0.4, 0.5) is 0 Å². The first-order chi connectivity index (χ1) is 12.2. The molecule has 0 saturated carbocycles. The van der Waals surface area contributed by atoms with Gasteiger partial charge in [-0.25, -0.2) is 0 Å². The number of benzene rings is 2. The summed E-state index contributed by atoms with van der Waals surface area (Å²) < 4.78 is 2.30. The minimum atomic E-state index is 0.634. The fourth-order valence-corrected chi connectivity index (χ4v) is 3.41. The molecule has 0 saturated heterocycles. The zero-order valence-corrected chi connectivity index (χ0v) is 14.7. The maximum Gasteiger partial charge on any atom is 0.0873 e. The van der Waals surface area contributed by atoms with E-state index >= 15 is 0 Å². The fourth-order valence-electron chi connectivity index (χ4n) is 3.41. The third-order valence-electron chi connectivity index (χ3n) is 4.46. The Hall–Kier alpha value is -2.87. The van der Waals surface area contributed by atoms with E-state index in [1.54, 1.807) is 0 Å². The van der Waals surface area contributed by atoms with Crippen molar-refractivity contribution in [3.8, 4) is 17.1 Å². The van der Waals surface area contributed by atoms with E-state index in [0.29, 0.717) is 5.92 Å². The average Bonchev–Trinajstić information content (AvgIpc) is 3.02. The molecule has 0 spiro atoms. The van der Waals surface area contributed by atoms with Crippen LogP contribution in [0.15, 0.2) is 79.0 Å². The lowest BCUT2D eigenvalue weighted by molar-refractivity contribution is 0.647. The molecule has 2 heterocycles. The second kappa shape index (κ2) is 6.56. The molecule has 124 valence electrons. The molecule has 0 N–H and O–H groups in total. The SMILES string of the molecule is CC(C)Cc1ccnc(-c2cc3ccccc3n2-c2ccccc2)c1. The molecule has 0 aliphatic rings. The van der Waals surface area contributed by atoms with Crippen LogP contribution in [0.25, 0.3) is 28.0 Å². The van der Waals surface area contributed by atoms with Crippen molar-refractivity contribution in [1.29, 1.82) is 0 Å². The second-order valence-corrected chi connectivity index (χ2v) is 6.91. The van der Waals surface area contributed by atoms with Crippen LogP contribution < -0.4 is 0 Å². The summed E-state index contributed by atoms with van der Waals surface area (Å²) in [5, 5.41) is 1.23. The van der Waals surface area contributed by atoms with E-state index < -0.39 is 0 Å². The Kier molecular flexibility index (Phi) is 4.10. The Morgan fingerprint density at radius 1 is 0.880 bits per heavy atom. The van der Waals surface area contributed by atoms with Crippen molar-refractivity contribution in [3.05, 3.63) is 84.6 Å². The van der Waals surface area contributed by atoms with Crippen molar-refractivity contribution < 1.29 is 0 Å². The first-order valence-electron chi connectivity index (χ1n) is 8.83. The Balaban J connectivity index is 1.93. The van der Waals surface area contributed by atoms with E-state index in [4.69, 9.17) is 0 Å². The Morgan fingerprint density at radius 3 is 2.44 bits per heavy atom. The summed E-state index contributed by atoms with van der Waals surface area (Å²) in [5.41, 5.74) is 5.87. The predicted octanol–water partition coefficient (Wildman–Crippen LogP) is 5.89. The van der Waals surface area contributed by atoms with Crippen LogP contribution in [0.3, 0.4) is 0 Å². The molecule has 0 aliphatic heterocycles. The zero-order chi connectivity index (χ0) is 17.2. The summed E-state index contributed by atoms with van der Waals surface area (Å²) in [6, 6.07) is 25.6. The number of hydrogen-bond acceptors (Lipinski definition) is 1. The van der Waals surface area contributed by atoms with Crippen LogP contribution in [0.2, 0.25) is 0 Å². The number of para-hydroxylation sites is 2. The number of nitrogens with zero attached hydrogens (tertiary/aromatic N) is 2. The Morgan fingerprint density at radius 2 is 1.64 bits per heavy atom. The fraction of sp³-hybridized carbons (Fsp3) is 0.174. The van der Waals surface area contributed by atoms with Gasteiger partial charge >= 0.3 is 0 Å².